The van der Waals surface area contributed by atoms with Gasteiger partial charge in [-0.05, 0) is 26.5 Å². The van der Waals surface area contributed by atoms with Crippen molar-refractivity contribution in [2.24, 2.45) is 0 Å². The molecule has 0 fully saturated rings. The highest BCUT2D eigenvalue weighted by Crippen LogP contribution is 2.05. The van der Waals surface area contributed by atoms with Crippen LogP contribution in [0, 0.1) is 0 Å². The topological polar surface area (TPSA) is 36.9 Å². The third-order valence-electron chi connectivity index (χ3n) is 2.27. The van der Waals surface area contributed by atoms with Crippen molar-refractivity contribution in [3.63, 3.8) is 0 Å². The number of rotatable bonds is 12. The molecule has 0 aliphatic carbocycles. The molecule has 0 aromatic carbocycles. The molecule has 0 spiro atoms. The van der Waals surface area contributed by atoms with Crippen LogP contribution in [-0.2, 0) is 18.9 Å². The Bertz CT molecular complexity index is 157. The van der Waals surface area contributed by atoms with E-state index in [9.17, 15) is 0 Å². The van der Waals surface area contributed by atoms with Gasteiger partial charge in [-0.15, -0.1) is 11.8 Å². The van der Waals surface area contributed by atoms with E-state index in [0.29, 0.717) is 33.0 Å². The SMILES string of the molecule is COCCOC(C)CCOCCOC(C)SC. The molecule has 0 N–H and O–H groups in total. The van der Waals surface area contributed by atoms with Crippen molar-refractivity contribution in [3.8, 4) is 0 Å². The lowest BCUT2D eigenvalue weighted by molar-refractivity contribution is -0.00400. The van der Waals surface area contributed by atoms with Gasteiger partial charge in [0.25, 0.3) is 0 Å². The molecule has 0 aliphatic heterocycles. The van der Waals surface area contributed by atoms with Gasteiger partial charge in [0, 0.05) is 13.7 Å². The first-order valence-corrected chi connectivity index (χ1v) is 7.32. The van der Waals surface area contributed by atoms with Crippen molar-refractivity contribution >= 4 is 11.8 Å². The molecule has 0 bridgehead atoms. The van der Waals surface area contributed by atoms with Crippen LogP contribution in [-0.4, -0.2) is 57.9 Å². The Kier molecular flexibility index (Phi) is 12.8. The number of hydrogen-bond acceptors (Lipinski definition) is 5. The largest absolute Gasteiger partial charge is 0.382 e. The van der Waals surface area contributed by atoms with Crippen LogP contribution in [0.15, 0.2) is 0 Å². The quantitative estimate of drug-likeness (QED) is 0.400. The molecule has 2 atom stereocenters. The van der Waals surface area contributed by atoms with Crippen LogP contribution >= 0.6 is 11.8 Å². The summed E-state index contributed by atoms with van der Waals surface area (Å²) in [5, 5.41) is 0. The van der Waals surface area contributed by atoms with Crippen LogP contribution in [0.2, 0.25) is 0 Å². The van der Waals surface area contributed by atoms with Gasteiger partial charge in [0.2, 0.25) is 0 Å². The lowest BCUT2D eigenvalue weighted by atomic mass is 10.3. The van der Waals surface area contributed by atoms with Crippen LogP contribution in [0.4, 0.5) is 0 Å². The normalized spacial score (nSPS) is 14.8. The first-order valence-electron chi connectivity index (χ1n) is 6.03. The third-order valence-corrected chi connectivity index (χ3v) is 3.07. The fraction of sp³-hybridized carbons (Fsp3) is 1.00. The fourth-order valence-corrected chi connectivity index (χ4v) is 1.34. The highest BCUT2D eigenvalue weighted by molar-refractivity contribution is 7.99. The van der Waals surface area contributed by atoms with Gasteiger partial charge in [0.05, 0.1) is 38.0 Å². The Morgan fingerprint density at radius 2 is 1.65 bits per heavy atom. The summed E-state index contributed by atoms with van der Waals surface area (Å²) in [5.41, 5.74) is 0.245. The van der Waals surface area contributed by atoms with Crippen LogP contribution < -0.4 is 0 Å². The molecule has 0 aromatic rings. The van der Waals surface area contributed by atoms with Gasteiger partial charge >= 0.3 is 0 Å². The summed E-state index contributed by atoms with van der Waals surface area (Å²) in [6.45, 7) is 7.39. The molecular formula is C12H26O4S. The van der Waals surface area contributed by atoms with Gasteiger partial charge in [0.15, 0.2) is 0 Å². The van der Waals surface area contributed by atoms with Gasteiger partial charge < -0.3 is 18.9 Å². The number of ether oxygens (including phenoxy) is 4. The summed E-state index contributed by atoms with van der Waals surface area (Å²) in [6.07, 6.45) is 3.16. The second-order valence-electron chi connectivity index (χ2n) is 3.75. The Labute approximate surface area is 109 Å². The second kappa shape index (κ2) is 12.6. The molecule has 0 aromatic heterocycles. The van der Waals surface area contributed by atoms with Gasteiger partial charge in [-0.2, -0.15) is 0 Å². The minimum Gasteiger partial charge on any atom is -0.382 e. The molecule has 17 heavy (non-hydrogen) atoms. The van der Waals surface area contributed by atoms with Crippen LogP contribution in [0.25, 0.3) is 0 Å². The van der Waals surface area contributed by atoms with Gasteiger partial charge in [0.1, 0.15) is 0 Å². The van der Waals surface area contributed by atoms with Crippen molar-refractivity contribution in [3.05, 3.63) is 0 Å². The maximum atomic E-state index is 5.50. The van der Waals surface area contributed by atoms with Crippen LogP contribution in [0.3, 0.4) is 0 Å². The summed E-state index contributed by atoms with van der Waals surface area (Å²) in [7, 11) is 1.67. The molecule has 104 valence electrons. The lowest BCUT2D eigenvalue weighted by Crippen LogP contribution is -2.16. The second-order valence-corrected chi connectivity index (χ2v) is 4.88. The minimum atomic E-state index is 0.219. The van der Waals surface area contributed by atoms with Gasteiger partial charge in [-0.25, -0.2) is 0 Å². The van der Waals surface area contributed by atoms with Crippen LogP contribution in [0.1, 0.15) is 20.3 Å². The Morgan fingerprint density at radius 1 is 0.941 bits per heavy atom. The molecule has 0 heterocycles. The predicted octanol–water partition coefficient (Wildman–Crippen LogP) is 2.17. The van der Waals surface area contributed by atoms with Crippen molar-refractivity contribution in [2.45, 2.75) is 31.8 Å². The Hall–Kier alpha value is 0.190. The molecule has 4 nitrogen and oxygen atoms in total. The Balaban J connectivity index is 3.16. The van der Waals surface area contributed by atoms with E-state index in [4.69, 9.17) is 18.9 Å². The summed E-state index contributed by atoms with van der Waals surface area (Å²) in [4.78, 5) is 0. The number of methoxy groups -OCH3 is 1. The molecule has 0 amide bonds. The maximum absolute atomic E-state index is 5.50. The van der Waals surface area contributed by atoms with E-state index in [2.05, 4.69) is 0 Å². The third kappa shape index (κ3) is 12.4. The molecule has 0 saturated carbocycles. The standard InChI is InChI=1S/C12H26O4S/c1-11(15-9-7-13-3)5-6-14-8-10-16-12(2)17-4/h11-12H,5-10H2,1-4H3. The zero-order valence-corrected chi connectivity index (χ0v) is 12.3. The Morgan fingerprint density at radius 3 is 2.29 bits per heavy atom. The zero-order valence-electron chi connectivity index (χ0n) is 11.4. The fourth-order valence-electron chi connectivity index (χ4n) is 1.11. The summed E-state index contributed by atoms with van der Waals surface area (Å²) in [5.74, 6) is 0. The first kappa shape index (κ1) is 17.2. The van der Waals surface area contributed by atoms with Crippen molar-refractivity contribution in [1.82, 2.24) is 0 Å². The predicted molar refractivity (Wildman–Crippen MR) is 71.7 cm³/mol. The lowest BCUT2D eigenvalue weighted by Gasteiger charge is -2.13. The van der Waals surface area contributed by atoms with Gasteiger partial charge in [-0.1, -0.05) is 0 Å². The van der Waals surface area contributed by atoms with Crippen molar-refractivity contribution < 1.29 is 18.9 Å². The molecular weight excluding hydrogens is 240 g/mol. The van der Waals surface area contributed by atoms with E-state index in [1.807, 2.05) is 20.1 Å². The van der Waals surface area contributed by atoms with Crippen molar-refractivity contribution in [2.75, 3.05) is 46.4 Å². The minimum absolute atomic E-state index is 0.219. The monoisotopic (exact) mass is 266 g/mol. The zero-order chi connectivity index (χ0) is 12.9. The average molecular weight is 266 g/mol. The molecule has 0 saturated heterocycles. The molecule has 5 heteroatoms. The smallest absolute Gasteiger partial charge is 0.0997 e. The summed E-state index contributed by atoms with van der Waals surface area (Å²) in [6, 6.07) is 0. The average Bonchev–Trinajstić information content (AvgIpc) is 2.33. The number of thioether (sulfide) groups is 1. The number of hydrogen-bond donors (Lipinski definition) is 0. The van der Waals surface area contributed by atoms with Crippen molar-refractivity contribution in [1.29, 1.82) is 0 Å². The first-order chi connectivity index (χ1) is 8.20. The molecule has 0 rings (SSSR count). The molecule has 0 radical (unpaired) electrons. The van der Waals surface area contributed by atoms with E-state index in [1.165, 1.54) is 0 Å². The van der Waals surface area contributed by atoms with Gasteiger partial charge in [-0.3, -0.25) is 0 Å². The molecule has 2 unspecified atom stereocenters. The van der Waals surface area contributed by atoms with E-state index in [0.717, 1.165) is 6.42 Å². The van der Waals surface area contributed by atoms with E-state index in [1.54, 1.807) is 18.9 Å². The van der Waals surface area contributed by atoms with Crippen LogP contribution in [0.5, 0.6) is 0 Å². The van der Waals surface area contributed by atoms with E-state index in [-0.39, 0.29) is 11.5 Å². The highest BCUT2D eigenvalue weighted by Gasteiger charge is 2.02. The summed E-state index contributed by atoms with van der Waals surface area (Å²) < 4.78 is 21.3. The maximum Gasteiger partial charge on any atom is 0.0997 e. The summed E-state index contributed by atoms with van der Waals surface area (Å²) >= 11 is 1.70. The van der Waals surface area contributed by atoms with E-state index < -0.39 is 0 Å². The highest BCUT2D eigenvalue weighted by atomic mass is 32.2. The molecule has 0 aliphatic rings. The van der Waals surface area contributed by atoms with E-state index >= 15 is 0 Å².